The molecule has 0 spiro atoms. The van der Waals surface area contributed by atoms with Crippen LogP contribution in [0.4, 0.5) is 8.78 Å². The fourth-order valence-electron chi connectivity index (χ4n) is 2.22. The van der Waals surface area contributed by atoms with Crippen molar-refractivity contribution in [1.29, 1.82) is 0 Å². The third-order valence-electron chi connectivity index (χ3n) is 3.37. The van der Waals surface area contributed by atoms with Crippen molar-refractivity contribution in [3.05, 3.63) is 63.6 Å². The van der Waals surface area contributed by atoms with Crippen molar-refractivity contribution in [2.45, 2.75) is 32.9 Å². The molecular formula is C16H17F2N3O2. The van der Waals surface area contributed by atoms with Gasteiger partial charge in [0.2, 0.25) is 5.91 Å². The van der Waals surface area contributed by atoms with Crippen LogP contribution in [0.25, 0.3) is 0 Å². The van der Waals surface area contributed by atoms with E-state index in [1.165, 1.54) is 6.07 Å². The zero-order valence-electron chi connectivity index (χ0n) is 12.8. The van der Waals surface area contributed by atoms with E-state index in [1.54, 1.807) is 19.9 Å². The van der Waals surface area contributed by atoms with Gasteiger partial charge in [-0.2, -0.15) is 5.10 Å². The average molecular weight is 321 g/mol. The molecular weight excluding hydrogens is 304 g/mol. The second kappa shape index (κ2) is 7.13. The summed E-state index contributed by atoms with van der Waals surface area (Å²) >= 11 is 0. The first-order valence-corrected chi connectivity index (χ1v) is 7.19. The van der Waals surface area contributed by atoms with Crippen molar-refractivity contribution in [1.82, 2.24) is 15.1 Å². The maximum absolute atomic E-state index is 13.8. The van der Waals surface area contributed by atoms with Crippen LogP contribution in [0.2, 0.25) is 0 Å². The molecule has 1 amide bonds. The van der Waals surface area contributed by atoms with Gasteiger partial charge in [-0.3, -0.25) is 9.59 Å². The van der Waals surface area contributed by atoms with Gasteiger partial charge in [0.1, 0.15) is 18.2 Å². The number of benzene rings is 1. The van der Waals surface area contributed by atoms with E-state index in [0.29, 0.717) is 12.1 Å². The lowest BCUT2D eigenvalue weighted by Crippen LogP contribution is -2.35. The van der Waals surface area contributed by atoms with Crippen molar-refractivity contribution in [2.75, 3.05) is 0 Å². The van der Waals surface area contributed by atoms with Gasteiger partial charge in [0.15, 0.2) is 0 Å². The van der Waals surface area contributed by atoms with Crippen LogP contribution in [0.1, 0.15) is 30.6 Å². The third-order valence-corrected chi connectivity index (χ3v) is 3.37. The van der Waals surface area contributed by atoms with Gasteiger partial charge in [-0.25, -0.2) is 13.5 Å². The van der Waals surface area contributed by atoms with E-state index < -0.39 is 29.1 Å². The molecule has 1 aromatic carbocycles. The first-order valence-electron chi connectivity index (χ1n) is 7.19. The van der Waals surface area contributed by atoms with E-state index in [1.807, 2.05) is 0 Å². The number of amides is 1. The Morgan fingerprint density at radius 2 is 2.04 bits per heavy atom. The Labute approximate surface area is 131 Å². The van der Waals surface area contributed by atoms with Gasteiger partial charge >= 0.3 is 0 Å². The Balaban J connectivity index is 2.15. The van der Waals surface area contributed by atoms with E-state index in [0.717, 1.165) is 22.9 Å². The molecule has 23 heavy (non-hydrogen) atoms. The highest BCUT2D eigenvalue weighted by molar-refractivity contribution is 5.76. The van der Waals surface area contributed by atoms with Gasteiger partial charge in [-0.15, -0.1) is 0 Å². The Kier molecular flexibility index (Phi) is 5.20. The Bertz CT molecular complexity index is 774. The molecule has 5 nitrogen and oxygen atoms in total. The molecule has 0 radical (unpaired) electrons. The number of halogens is 2. The molecule has 2 rings (SSSR count). The molecule has 0 aliphatic heterocycles. The molecule has 0 unspecified atom stereocenters. The lowest BCUT2D eigenvalue weighted by molar-refractivity contribution is -0.122. The molecule has 1 heterocycles. The summed E-state index contributed by atoms with van der Waals surface area (Å²) in [6, 6.07) is 5.28. The largest absolute Gasteiger partial charge is 0.348 e. The maximum atomic E-state index is 13.8. The summed E-state index contributed by atoms with van der Waals surface area (Å²) in [6.45, 7) is 3.16. The van der Waals surface area contributed by atoms with Gasteiger partial charge in [0.05, 0.1) is 11.7 Å². The molecule has 0 aliphatic carbocycles. The normalized spacial score (nSPS) is 12.0. The number of nitrogens with zero attached hydrogens (tertiary/aromatic N) is 2. The molecule has 0 fully saturated rings. The highest BCUT2D eigenvalue weighted by Crippen LogP contribution is 2.21. The average Bonchev–Trinajstić information content (AvgIpc) is 2.51. The van der Waals surface area contributed by atoms with Crippen LogP contribution in [-0.2, 0) is 11.3 Å². The van der Waals surface area contributed by atoms with E-state index in [-0.39, 0.29) is 12.1 Å². The third kappa shape index (κ3) is 4.21. The van der Waals surface area contributed by atoms with Crippen molar-refractivity contribution >= 4 is 5.91 Å². The molecule has 1 aromatic heterocycles. The zero-order chi connectivity index (χ0) is 17.0. The second-order valence-electron chi connectivity index (χ2n) is 5.16. The highest BCUT2D eigenvalue weighted by atomic mass is 19.1. The first-order chi connectivity index (χ1) is 10.9. The van der Waals surface area contributed by atoms with Crippen LogP contribution in [0.3, 0.4) is 0 Å². The topological polar surface area (TPSA) is 64.0 Å². The van der Waals surface area contributed by atoms with E-state index in [4.69, 9.17) is 0 Å². The molecule has 7 heteroatoms. The summed E-state index contributed by atoms with van der Waals surface area (Å²) in [5.74, 6) is -1.67. The lowest BCUT2D eigenvalue weighted by Gasteiger charge is -2.18. The number of hydrogen-bond donors (Lipinski definition) is 1. The molecule has 0 bridgehead atoms. The van der Waals surface area contributed by atoms with Crippen molar-refractivity contribution in [2.24, 2.45) is 0 Å². The minimum atomic E-state index is -0.682. The number of hydrogen-bond acceptors (Lipinski definition) is 3. The van der Waals surface area contributed by atoms with Gasteiger partial charge < -0.3 is 5.32 Å². The van der Waals surface area contributed by atoms with Crippen LogP contribution in [0.5, 0.6) is 0 Å². The summed E-state index contributed by atoms with van der Waals surface area (Å²) in [6.07, 6.45) is 0.377. The molecule has 1 atom stereocenters. The summed E-state index contributed by atoms with van der Waals surface area (Å²) in [7, 11) is 0. The number of aryl methyl sites for hydroxylation is 1. The predicted octanol–water partition coefficient (Wildman–Crippen LogP) is 2.10. The fourth-order valence-corrected chi connectivity index (χ4v) is 2.22. The van der Waals surface area contributed by atoms with Crippen LogP contribution in [-0.4, -0.2) is 15.7 Å². The Morgan fingerprint density at radius 3 is 2.74 bits per heavy atom. The van der Waals surface area contributed by atoms with E-state index in [2.05, 4.69) is 10.4 Å². The smallest absolute Gasteiger partial charge is 0.267 e. The summed E-state index contributed by atoms with van der Waals surface area (Å²) in [5, 5.41) is 6.56. The van der Waals surface area contributed by atoms with E-state index in [9.17, 15) is 18.4 Å². The fraction of sp³-hybridized carbons (Fsp3) is 0.312. The maximum Gasteiger partial charge on any atom is 0.267 e. The number of rotatable bonds is 5. The van der Waals surface area contributed by atoms with E-state index >= 15 is 0 Å². The van der Waals surface area contributed by atoms with Gasteiger partial charge in [0.25, 0.3) is 5.56 Å². The summed E-state index contributed by atoms with van der Waals surface area (Å²) in [5.41, 5.74) is 0.266. The molecule has 122 valence electrons. The molecule has 0 saturated heterocycles. The van der Waals surface area contributed by atoms with Crippen LogP contribution in [0.15, 0.2) is 35.1 Å². The Hall–Kier alpha value is -2.57. The lowest BCUT2D eigenvalue weighted by atomic mass is 10.0. The van der Waals surface area contributed by atoms with Crippen LogP contribution >= 0.6 is 0 Å². The second-order valence-corrected chi connectivity index (χ2v) is 5.16. The van der Waals surface area contributed by atoms with Crippen molar-refractivity contribution < 1.29 is 13.6 Å². The molecule has 1 N–H and O–H groups in total. The summed E-state index contributed by atoms with van der Waals surface area (Å²) in [4.78, 5) is 23.7. The van der Waals surface area contributed by atoms with Gasteiger partial charge in [0, 0.05) is 11.6 Å². The Morgan fingerprint density at radius 1 is 1.30 bits per heavy atom. The van der Waals surface area contributed by atoms with Crippen molar-refractivity contribution in [3.8, 4) is 0 Å². The zero-order valence-corrected chi connectivity index (χ0v) is 12.8. The SMILES string of the molecule is CC[C@H](NC(=O)Cn1nc(C)ccc1=O)c1cc(F)ccc1F. The first kappa shape index (κ1) is 16.8. The van der Waals surface area contributed by atoms with Gasteiger partial charge in [-0.1, -0.05) is 6.92 Å². The summed E-state index contributed by atoms with van der Waals surface area (Å²) < 4.78 is 28.1. The molecule has 0 aliphatic rings. The molecule has 2 aromatic rings. The molecule has 0 saturated carbocycles. The predicted molar refractivity (Wildman–Crippen MR) is 80.8 cm³/mol. The minimum absolute atomic E-state index is 0.0744. The van der Waals surface area contributed by atoms with Crippen molar-refractivity contribution in [3.63, 3.8) is 0 Å². The monoisotopic (exact) mass is 321 g/mol. The number of nitrogens with one attached hydrogen (secondary N) is 1. The standard InChI is InChI=1S/C16H17F2N3O2/c1-3-14(12-8-11(17)5-6-13(12)18)19-15(22)9-21-16(23)7-4-10(2)20-21/h4-8,14H,3,9H2,1-2H3,(H,19,22)/t14-/m0/s1. The number of aromatic nitrogens is 2. The van der Waals surface area contributed by atoms with Crippen LogP contribution < -0.4 is 10.9 Å². The minimum Gasteiger partial charge on any atom is -0.348 e. The highest BCUT2D eigenvalue weighted by Gasteiger charge is 2.18. The number of carbonyl (C=O) groups excluding carboxylic acids is 1. The quantitative estimate of drug-likeness (QED) is 0.917. The van der Waals surface area contributed by atoms with Crippen LogP contribution in [0, 0.1) is 18.6 Å². The van der Waals surface area contributed by atoms with Gasteiger partial charge in [-0.05, 0) is 37.6 Å². The number of carbonyl (C=O) groups is 1.